The summed E-state index contributed by atoms with van der Waals surface area (Å²) in [5.41, 5.74) is 12.3. The van der Waals surface area contributed by atoms with Crippen LogP contribution in [0, 0.1) is 17.8 Å². The number of hydrogen-bond acceptors (Lipinski definition) is 6. The van der Waals surface area contributed by atoms with Gasteiger partial charge in [0.05, 0.1) is 24.0 Å². The van der Waals surface area contributed by atoms with E-state index in [2.05, 4.69) is 41.2 Å². The van der Waals surface area contributed by atoms with Gasteiger partial charge in [-0.2, -0.15) is 5.10 Å². The van der Waals surface area contributed by atoms with Gasteiger partial charge in [0.2, 0.25) is 0 Å². The number of fused-ring (bicyclic) bond motifs is 4. The molecule has 2 aliphatic carbocycles. The molecule has 10 nitrogen and oxygen atoms in total. The monoisotopic (exact) mass is 592 g/mol. The van der Waals surface area contributed by atoms with E-state index >= 15 is 0 Å². The number of nitrogens with zero attached hydrogens (tertiary/aromatic N) is 7. The molecule has 5 aromatic rings. The van der Waals surface area contributed by atoms with Crippen LogP contribution in [0.4, 0.5) is 0 Å². The van der Waals surface area contributed by atoms with E-state index in [1.54, 1.807) is 7.11 Å². The van der Waals surface area contributed by atoms with Crippen molar-refractivity contribution in [3.05, 3.63) is 48.2 Å². The van der Waals surface area contributed by atoms with E-state index in [-0.39, 0.29) is 18.0 Å². The third-order valence-electron chi connectivity index (χ3n) is 9.88. The highest BCUT2D eigenvalue weighted by Gasteiger charge is 2.47. The molecule has 228 valence electrons. The molecule has 1 aromatic carbocycles. The largest absolute Gasteiger partial charge is 0.494 e. The third-order valence-corrected chi connectivity index (χ3v) is 9.88. The minimum absolute atomic E-state index is 0.00969. The number of imidazole rings is 1. The van der Waals surface area contributed by atoms with Crippen molar-refractivity contribution < 1.29 is 9.53 Å². The Hall–Kier alpha value is -4.18. The molecule has 8 rings (SSSR count). The smallest absolute Gasteiger partial charge is 0.254 e. The van der Waals surface area contributed by atoms with Gasteiger partial charge in [0.25, 0.3) is 5.91 Å². The highest BCUT2D eigenvalue weighted by molar-refractivity contribution is 6.00. The van der Waals surface area contributed by atoms with E-state index < -0.39 is 0 Å². The van der Waals surface area contributed by atoms with E-state index in [9.17, 15) is 4.79 Å². The summed E-state index contributed by atoms with van der Waals surface area (Å²) in [6, 6.07) is 12.4. The molecule has 0 radical (unpaired) electrons. The maximum atomic E-state index is 13.7. The van der Waals surface area contributed by atoms with E-state index in [0.717, 1.165) is 77.4 Å². The summed E-state index contributed by atoms with van der Waals surface area (Å²) in [6.45, 7) is 6.88. The van der Waals surface area contributed by atoms with Crippen LogP contribution in [0.2, 0.25) is 0 Å². The van der Waals surface area contributed by atoms with Crippen molar-refractivity contribution in [2.45, 2.75) is 64.7 Å². The molecule has 1 aliphatic heterocycles. The third kappa shape index (κ3) is 4.41. The van der Waals surface area contributed by atoms with Crippen molar-refractivity contribution in [1.29, 1.82) is 0 Å². The Morgan fingerprint density at radius 3 is 2.61 bits per heavy atom. The lowest BCUT2D eigenvalue weighted by Crippen LogP contribution is -2.41. The van der Waals surface area contributed by atoms with Gasteiger partial charge in [0, 0.05) is 55.9 Å². The first-order valence-corrected chi connectivity index (χ1v) is 15.9. The molecular formula is C34H40N8O2. The number of ether oxygens (including phenoxy) is 1. The van der Waals surface area contributed by atoms with Gasteiger partial charge in [-0.1, -0.05) is 13.8 Å². The van der Waals surface area contributed by atoms with Crippen LogP contribution in [0.15, 0.2) is 42.6 Å². The van der Waals surface area contributed by atoms with E-state index in [0.29, 0.717) is 29.1 Å². The number of benzene rings is 1. The number of carbonyl (C=O) groups excluding carboxylic acids is 1. The van der Waals surface area contributed by atoms with Crippen LogP contribution in [0.25, 0.3) is 45.0 Å². The van der Waals surface area contributed by atoms with Gasteiger partial charge >= 0.3 is 0 Å². The molecule has 3 aliphatic rings. The Kier molecular flexibility index (Phi) is 6.34. The molecule has 3 atom stereocenters. The summed E-state index contributed by atoms with van der Waals surface area (Å²) in [4.78, 5) is 26.0. The summed E-state index contributed by atoms with van der Waals surface area (Å²) in [7, 11) is 3.67. The zero-order chi connectivity index (χ0) is 30.3. The van der Waals surface area contributed by atoms with Crippen LogP contribution >= 0.6 is 0 Å². The van der Waals surface area contributed by atoms with Gasteiger partial charge in [-0.25, -0.2) is 9.97 Å². The molecule has 44 heavy (non-hydrogen) atoms. The predicted octanol–water partition coefficient (Wildman–Crippen LogP) is 5.09. The number of aryl methyl sites for hydroxylation is 1. The molecular weight excluding hydrogens is 552 g/mol. The molecule has 3 fully saturated rings. The number of amides is 1. The molecule has 2 saturated carbocycles. The Balaban J connectivity index is 1.21. The van der Waals surface area contributed by atoms with Crippen molar-refractivity contribution in [1.82, 2.24) is 33.8 Å². The van der Waals surface area contributed by atoms with E-state index in [1.807, 2.05) is 41.0 Å². The number of likely N-dealkylation sites (tertiary alicyclic amines) is 1. The van der Waals surface area contributed by atoms with Gasteiger partial charge in [-0.05, 0) is 79.8 Å². The number of hydrogen-bond donors (Lipinski definition) is 1. The lowest BCUT2D eigenvalue weighted by Gasteiger charge is -2.27. The fourth-order valence-electron chi connectivity index (χ4n) is 7.44. The number of methoxy groups -OCH3 is 1. The fourth-order valence-corrected chi connectivity index (χ4v) is 7.44. The highest BCUT2D eigenvalue weighted by Crippen LogP contribution is 2.40. The summed E-state index contributed by atoms with van der Waals surface area (Å²) in [6.07, 6.45) is 6.56. The summed E-state index contributed by atoms with van der Waals surface area (Å²) in [5.74, 6) is 3.03. The predicted molar refractivity (Wildman–Crippen MR) is 170 cm³/mol. The van der Waals surface area contributed by atoms with E-state index in [1.165, 1.54) is 12.8 Å². The second-order valence-corrected chi connectivity index (χ2v) is 13.5. The maximum Gasteiger partial charge on any atom is 0.254 e. The average Bonchev–Trinajstić information content (AvgIpc) is 3.29. The topological polar surface area (TPSA) is 109 Å². The second-order valence-electron chi connectivity index (χ2n) is 13.5. The van der Waals surface area contributed by atoms with Crippen LogP contribution in [-0.4, -0.2) is 65.4 Å². The molecule has 2 N–H and O–H groups in total. The summed E-state index contributed by atoms with van der Waals surface area (Å²) < 4.78 is 12.3. The van der Waals surface area contributed by atoms with Crippen LogP contribution in [0.5, 0.6) is 5.75 Å². The Morgan fingerprint density at radius 1 is 1.07 bits per heavy atom. The molecule has 1 saturated heterocycles. The van der Waals surface area contributed by atoms with Crippen molar-refractivity contribution in [2.24, 2.45) is 30.5 Å². The molecule has 5 heterocycles. The van der Waals surface area contributed by atoms with E-state index in [4.69, 9.17) is 25.5 Å². The second kappa shape index (κ2) is 10.2. The first-order chi connectivity index (χ1) is 21.3. The molecule has 3 unspecified atom stereocenters. The number of aromatic nitrogens is 6. The zero-order valence-electron chi connectivity index (χ0n) is 25.9. The van der Waals surface area contributed by atoms with Crippen molar-refractivity contribution in [3.63, 3.8) is 0 Å². The number of nitrogens with two attached hydrogens (primary N) is 1. The number of carbonyl (C=O) groups is 1. The number of pyridine rings is 1. The van der Waals surface area contributed by atoms with Gasteiger partial charge in [-0.15, -0.1) is 0 Å². The normalized spacial score (nSPS) is 21.4. The molecule has 10 heteroatoms. The highest BCUT2D eigenvalue weighted by atomic mass is 16.5. The van der Waals surface area contributed by atoms with Crippen LogP contribution in [0.1, 0.15) is 49.9 Å². The van der Waals surface area contributed by atoms with Crippen molar-refractivity contribution >= 4 is 28.0 Å². The SMILES string of the molecule is COc1cc(C(=O)N2CC3CCC2C3N)cc2nc(-c3cc4ccc(-c5ccn(CC(C)C)n5)nc4n3CC3CC3)n(C)c12. The van der Waals surface area contributed by atoms with Crippen molar-refractivity contribution in [3.8, 4) is 28.7 Å². The van der Waals surface area contributed by atoms with Crippen LogP contribution in [0.3, 0.4) is 0 Å². The minimum Gasteiger partial charge on any atom is -0.494 e. The zero-order valence-corrected chi connectivity index (χ0v) is 25.9. The van der Waals surface area contributed by atoms with Crippen LogP contribution < -0.4 is 10.5 Å². The molecule has 4 aromatic heterocycles. The molecule has 0 spiro atoms. The first kappa shape index (κ1) is 27.4. The standard InChI is InChI=1S/C34H40N8O2/c1-19(2)16-40-12-11-25(38-40)24-9-7-21-14-28(41(32(21)36-24)17-20-5-6-20)33-37-26-13-23(15-29(44-4)31(26)39(33)3)34(43)42-18-22-8-10-27(42)30(22)35/h7,9,11-15,19-20,22,27,30H,5-6,8,10,16-18,35H2,1-4H3. The quantitative estimate of drug-likeness (QED) is 0.269. The summed E-state index contributed by atoms with van der Waals surface area (Å²) >= 11 is 0. The first-order valence-electron chi connectivity index (χ1n) is 15.9. The Labute approximate surface area is 256 Å². The Morgan fingerprint density at radius 2 is 1.91 bits per heavy atom. The van der Waals surface area contributed by atoms with Gasteiger partial charge < -0.3 is 24.5 Å². The molecule has 2 bridgehead atoms. The minimum atomic E-state index is 0.00969. The average molecular weight is 593 g/mol. The number of rotatable bonds is 8. The van der Waals surface area contributed by atoms with Crippen LogP contribution in [-0.2, 0) is 20.1 Å². The summed E-state index contributed by atoms with van der Waals surface area (Å²) in [5, 5.41) is 5.87. The van der Waals surface area contributed by atoms with Crippen molar-refractivity contribution in [2.75, 3.05) is 13.7 Å². The van der Waals surface area contributed by atoms with Gasteiger partial charge in [-0.3, -0.25) is 9.48 Å². The molecule has 1 amide bonds. The fraction of sp³-hybridized carbons (Fsp3) is 0.471. The van der Waals surface area contributed by atoms with Gasteiger partial charge in [0.1, 0.15) is 22.6 Å². The lowest BCUT2D eigenvalue weighted by atomic mass is 10.1. The maximum absolute atomic E-state index is 13.7. The lowest BCUT2D eigenvalue weighted by molar-refractivity contribution is 0.0700. The number of piperidine rings is 1. The van der Waals surface area contributed by atoms with Gasteiger partial charge in [0.15, 0.2) is 5.82 Å². The Bertz CT molecular complexity index is 1910.